The van der Waals surface area contributed by atoms with Crippen LogP contribution in [0.4, 0.5) is 22.7 Å². The first-order valence-electron chi connectivity index (χ1n) is 6.52. The van der Waals surface area contributed by atoms with Crippen LogP contribution in [-0.4, -0.2) is 22.3 Å². The molecule has 0 saturated carbocycles. The Bertz CT molecular complexity index is 791. The molecule has 0 radical (unpaired) electrons. The van der Waals surface area contributed by atoms with Crippen molar-refractivity contribution in [2.45, 2.75) is 0 Å². The molecule has 0 bridgehead atoms. The highest BCUT2D eigenvalue weighted by atomic mass is 16.6. The van der Waals surface area contributed by atoms with E-state index in [0.717, 1.165) is 0 Å². The molecule has 10 nitrogen and oxygen atoms in total. The molecule has 4 N–H and O–H groups in total. The first kappa shape index (κ1) is 16.5. The minimum Gasteiger partial charge on any atom is -0.393 e. The molecule has 2 aromatic carbocycles. The van der Waals surface area contributed by atoms with E-state index >= 15 is 0 Å². The minimum absolute atomic E-state index is 0.0508. The molecule has 0 aliphatic carbocycles. The van der Waals surface area contributed by atoms with E-state index in [1.807, 2.05) is 0 Å². The summed E-state index contributed by atoms with van der Waals surface area (Å²) in [4.78, 5) is 20.4. The van der Waals surface area contributed by atoms with Crippen molar-refractivity contribution in [1.29, 1.82) is 0 Å². The van der Waals surface area contributed by atoms with E-state index in [2.05, 4.69) is 10.2 Å². The standard InChI is InChI=1S/C14H12N6O4/c15-11-3-1-9(5-13(11)19(21)22)7-17-18-8-10-2-4-12(16)14(6-10)20(23)24/h1-8H,15-16H2/b17-7+,18-8+. The van der Waals surface area contributed by atoms with Gasteiger partial charge in [0.2, 0.25) is 0 Å². The smallest absolute Gasteiger partial charge is 0.292 e. The van der Waals surface area contributed by atoms with Crippen LogP contribution < -0.4 is 11.5 Å². The molecule has 0 aromatic heterocycles. The molecule has 2 rings (SSSR count). The summed E-state index contributed by atoms with van der Waals surface area (Å²) in [5.41, 5.74) is 11.5. The molecule has 10 heteroatoms. The maximum atomic E-state index is 10.8. The Morgan fingerprint density at radius 2 is 1.17 bits per heavy atom. The van der Waals surface area contributed by atoms with Crippen molar-refractivity contribution in [1.82, 2.24) is 0 Å². The molecule has 0 heterocycles. The predicted molar refractivity (Wildman–Crippen MR) is 90.2 cm³/mol. The molecule has 2 aromatic rings. The van der Waals surface area contributed by atoms with E-state index in [1.54, 1.807) is 12.1 Å². The third-order valence-corrected chi connectivity index (χ3v) is 2.98. The lowest BCUT2D eigenvalue weighted by molar-refractivity contribution is -0.384. The number of nitro groups is 2. The van der Waals surface area contributed by atoms with Gasteiger partial charge in [-0.25, -0.2) is 0 Å². The van der Waals surface area contributed by atoms with Crippen LogP contribution in [0, 0.1) is 20.2 Å². The molecule has 0 spiro atoms. The van der Waals surface area contributed by atoms with Gasteiger partial charge >= 0.3 is 0 Å². The van der Waals surface area contributed by atoms with E-state index < -0.39 is 9.85 Å². The van der Waals surface area contributed by atoms with Gasteiger partial charge in [0.25, 0.3) is 11.4 Å². The van der Waals surface area contributed by atoms with Crippen LogP contribution in [0.25, 0.3) is 0 Å². The molecule has 0 aliphatic rings. The van der Waals surface area contributed by atoms with E-state index in [4.69, 9.17) is 11.5 Å². The Morgan fingerprint density at radius 3 is 1.50 bits per heavy atom. The van der Waals surface area contributed by atoms with Gasteiger partial charge in [-0.2, -0.15) is 10.2 Å². The summed E-state index contributed by atoms with van der Waals surface area (Å²) < 4.78 is 0. The number of benzene rings is 2. The van der Waals surface area contributed by atoms with E-state index in [1.165, 1.54) is 36.7 Å². The number of nitrogens with two attached hydrogens (primary N) is 2. The fraction of sp³-hybridized carbons (Fsp3) is 0. The van der Waals surface area contributed by atoms with Gasteiger partial charge in [0.1, 0.15) is 11.4 Å². The summed E-state index contributed by atoms with van der Waals surface area (Å²) in [5, 5.41) is 29.1. The quantitative estimate of drug-likeness (QED) is 0.369. The van der Waals surface area contributed by atoms with Gasteiger partial charge in [-0.3, -0.25) is 20.2 Å². The summed E-state index contributed by atoms with van der Waals surface area (Å²) >= 11 is 0. The SMILES string of the molecule is Nc1ccc(/C=N/N=C/c2ccc(N)c([N+](=O)[O-])c2)cc1[N+](=O)[O-]. The Labute approximate surface area is 135 Å². The van der Waals surface area contributed by atoms with Crippen molar-refractivity contribution in [3.63, 3.8) is 0 Å². The van der Waals surface area contributed by atoms with Crippen LogP contribution >= 0.6 is 0 Å². The average Bonchev–Trinajstić information content (AvgIpc) is 2.53. The molecule has 0 atom stereocenters. The molecule has 0 unspecified atom stereocenters. The fourth-order valence-electron chi connectivity index (χ4n) is 1.80. The predicted octanol–water partition coefficient (Wildman–Crippen LogP) is 2.12. The van der Waals surface area contributed by atoms with Crippen LogP contribution in [0.5, 0.6) is 0 Å². The zero-order valence-electron chi connectivity index (χ0n) is 12.2. The van der Waals surface area contributed by atoms with E-state index in [9.17, 15) is 20.2 Å². The van der Waals surface area contributed by atoms with Crippen molar-refractivity contribution in [2.24, 2.45) is 10.2 Å². The van der Waals surface area contributed by atoms with Gasteiger partial charge in [0.15, 0.2) is 0 Å². The third-order valence-electron chi connectivity index (χ3n) is 2.98. The normalized spacial score (nSPS) is 11.2. The Balaban J connectivity index is 2.16. The molecule has 122 valence electrons. The molecule has 0 fully saturated rings. The summed E-state index contributed by atoms with van der Waals surface area (Å²) in [6.07, 6.45) is 2.60. The van der Waals surface area contributed by atoms with Crippen molar-refractivity contribution < 1.29 is 9.85 Å². The first-order chi connectivity index (χ1) is 11.4. The van der Waals surface area contributed by atoms with E-state index in [-0.39, 0.29) is 22.7 Å². The number of nitrogen functional groups attached to an aromatic ring is 2. The number of hydrogen-bond acceptors (Lipinski definition) is 8. The number of nitrogens with zero attached hydrogens (tertiary/aromatic N) is 4. The van der Waals surface area contributed by atoms with Gasteiger partial charge in [-0.15, -0.1) is 0 Å². The Morgan fingerprint density at radius 1 is 0.792 bits per heavy atom. The lowest BCUT2D eigenvalue weighted by Gasteiger charge is -1.98. The van der Waals surface area contributed by atoms with Gasteiger partial charge in [0.05, 0.1) is 22.3 Å². The van der Waals surface area contributed by atoms with Gasteiger partial charge in [0, 0.05) is 23.3 Å². The van der Waals surface area contributed by atoms with Gasteiger partial charge in [-0.1, -0.05) is 12.1 Å². The number of nitro benzene ring substituents is 2. The highest BCUT2D eigenvalue weighted by molar-refractivity contribution is 5.85. The van der Waals surface area contributed by atoms with Crippen molar-refractivity contribution in [3.8, 4) is 0 Å². The molecular weight excluding hydrogens is 316 g/mol. The highest BCUT2D eigenvalue weighted by Crippen LogP contribution is 2.22. The lowest BCUT2D eigenvalue weighted by Crippen LogP contribution is -1.97. The topological polar surface area (TPSA) is 163 Å². The van der Waals surface area contributed by atoms with Crippen molar-refractivity contribution in [2.75, 3.05) is 11.5 Å². The zero-order chi connectivity index (χ0) is 17.7. The number of hydrogen-bond donors (Lipinski definition) is 2. The Hall–Kier alpha value is -3.82. The summed E-state index contributed by atoms with van der Waals surface area (Å²) in [5.74, 6) is 0. The first-order valence-corrected chi connectivity index (χ1v) is 6.52. The highest BCUT2D eigenvalue weighted by Gasteiger charge is 2.11. The minimum atomic E-state index is -0.594. The second-order valence-corrected chi connectivity index (χ2v) is 4.64. The maximum absolute atomic E-state index is 10.8. The lowest BCUT2D eigenvalue weighted by atomic mass is 10.2. The van der Waals surface area contributed by atoms with Crippen LogP contribution in [0.15, 0.2) is 46.6 Å². The van der Waals surface area contributed by atoms with Crippen LogP contribution in [0.1, 0.15) is 11.1 Å². The van der Waals surface area contributed by atoms with Crippen molar-refractivity contribution in [3.05, 3.63) is 67.8 Å². The van der Waals surface area contributed by atoms with E-state index in [0.29, 0.717) is 11.1 Å². The summed E-state index contributed by atoms with van der Waals surface area (Å²) in [6.45, 7) is 0. The molecular formula is C14H12N6O4. The van der Waals surface area contributed by atoms with Crippen LogP contribution in [0.2, 0.25) is 0 Å². The largest absolute Gasteiger partial charge is 0.393 e. The van der Waals surface area contributed by atoms with Crippen LogP contribution in [0.3, 0.4) is 0 Å². The van der Waals surface area contributed by atoms with Gasteiger partial charge < -0.3 is 11.5 Å². The molecule has 0 amide bonds. The molecule has 24 heavy (non-hydrogen) atoms. The number of anilines is 2. The second kappa shape index (κ2) is 6.96. The second-order valence-electron chi connectivity index (χ2n) is 4.64. The third kappa shape index (κ3) is 3.88. The van der Waals surface area contributed by atoms with Gasteiger partial charge in [-0.05, 0) is 12.1 Å². The van der Waals surface area contributed by atoms with Crippen molar-refractivity contribution >= 4 is 35.2 Å². The monoisotopic (exact) mass is 328 g/mol. The zero-order valence-corrected chi connectivity index (χ0v) is 12.2. The molecule has 0 saturated heterocycles. The summed E-state index contributed by atoms with van der Waals surface area (Å²) in [7, 11) is 0. The van der Waals surface area contributed by atoms with Crippen LogP contribution in [-0.2, 0) is 0 Å². The molecule has 0 aliphatic heterocycles. The maximum Gasteiger partial charge on any atom is 0.292 e. The fourth-order valence-corrected chi connectivity index (χ4v) is 1.80. The number of rotatable bonds is 5. The summed E-state index contributed by atoms with van der Waals surface area (Å²) in [6, 6.07) is 8.43. The average molecular weight is 328 g/mol. The Kier molecular flexibility index (Phi) is 4.80.